The van der Waals surface area contributed by atoms with Gasteiger partial charge in [-0.2, -0.15) is 0 Å². The highest BCUT2D eigenvalue weighted by molar-refractivity contribution is 7.10. The number of hydrogen-bond donors (Lipinski definition) is 1. The molecule has 0 aliphatic rings. The van der Waals surface area contributed by atoms with Crippen molar-refractivity contribution in [1.82, 2.24) is 0 Å². The Morgan fingerprint density at radius 1 is 1.14 bits per heavy atom. The maximum atomic E-state index is 13.6. The molecule has 1 heterocycles. The van der Waals surface area contributed by atoms with E-state index in [1.807, 2.05) is 0 Å². The summed E-state index contributed by atoms with van der Waals surface area (Å²) in [5.74, 6) is -3.71. The van der Waals surface area contributed by atoms with Crippen LogP contribution in [-0.4, -0.2) is 22.6 Å². The van der Waals surface area contributed by atoms with Crippen molar-refractivity contribution >= 4 is 28.9 Å². The summed E-state index contributed by atoms with van der Waals surface area (Å²) in [6.45, 7) is 0. The topological polar surface area (TPSA) is 71.4 Å². The minimum Gasteiger partial charge on any atom is -0.475 e. The third-order valence-corrected chi connectivity index (χ3v) is 3.84. The fraction of sp³-hybridized carbons (Fsp3) is 0.133. The van der Waals surface area contributed by atoms with E-state index in [0.717, 1.165) is 0 Å². The molecule has 0 aliphatic carbocycles. The van der Waals surface area contributed by atoms with Crippen molar-refractivity contribution in [2.24, 2.45) is 0 Å². The average molecular weight is 306 g/mol. The van der Waals surface area contributed by atoms with Gasteiger partial charge in [0.25, 0.3) is 0 Å². The first-order valence-electron chi connectivity index (χ1n) is 6.08. The highest BCUT2D eigenvalue weighted by Gasteiger charge is 2.21. The van der Waals surface area contributed by atoms with Gasteiger partial charge in [-0.05, 0) is 23.1 Å². The zero-order valence-electron chi connectivity index (χ0n) is 10.8. The lowest BCUT2D eigenvalue weighted by Crippen LogP contribution is -2.17. The molecule has 21 heavy (non-hydrogen) atoms. The monoisotopic (exact) mass is 306 g/mol. The van der Waals surface area contributed by atoms with Crippen molar-refractivity contribution in [3.63, 3.8) is 0 Å². The van der Waals surface area contributed by atoms with Gasteiger partial charge in [0.05, 0.1) is 6.42 Å². The van der Waals surface area contributed by atoms with E-state index in [0.29, 0.717) is 10.4 Å². The van der Waals surface area contributed by atoms with Gasteiger partial charge in [-0.15, -0.1) is 11.3 Å². The Hall–Kier alpha value is -2.34. The summed E-state index contributed by atoms with van der Waals surface area (Å²) in [5.41, 5.74) is 0.719. The molecular formula is C15H11FO4S. The first-order chi connectivity index (χ1) is 9.99. The number of ketones is 2. The Morgan fingerprint density at radius 2 is 1.86 bits per heavy atom. The molecule has 0 saturated heterocycles. The predicted molar refractivity (Wildman–Crippen MR) is 75.1 cm³/mol. The summed E-state index contributed by atoms with van der Waals surface area (Å²) in [4.78, 5) is 34.1. The first kappa shape index (κ1) is 15.1. The van der Waals surface area contributed by atoms with Crippen molar-refractivity contribution in [2.75, 3.05) is 0 Å². The van der Waals surface area contributed by atoms with E-state index in [2.05, 4.69) is 0 Å². The Kier molecular flexibility index (Phi) is 4.59. The second kappa shape index (κ2) is 6.41. The number of carbonyl (C=O) groups is 3. The molecule has 6 heteroatoms. The molecule has 2 aromatic rings. The minimum atomic E-state index is -1.63. The zero-order valence-corrected chi connectivity index (χ0v) is 11.7. The molecule has 1 N–H and O–H groups in total. The normalized spacial score (nSPS) is 10.3. The number of carbonyl (C=O) groups excluding carboxylic acids is 2. The van der Waals surface area contributed by atoms with Crippen molar-refractivity contribution in [3.8, 4) is 0 Å². The van der Waals surface area contributed by atoms with Gasteiger partial charge in [0.2, 0.25) is 5.78 Å². The number of carboxylic acids is 1. The molecule has 0 bridgehead atoms. The summed E-state index contributed by atoms with van der Waals surface area (Å²) in [7, 11) is 0. The minimum absolute atomic E-state index is 0.229. The lowest BCUT2D eigenvalue weighted by Gasteiger charge is -2.04. The zero-order chi connectivity index (χ0) is 15.4. The van der Waals surface area contributed by atoms with Gasteiger partial charge in [-0.25, -0.2) is 9.18 Å². The molecule has 0 fully saturated rings. The van der Waals surface area contributed by atoms with Crippen LogP contribution in [0, 0.1) is 5.82 Å². The number of hydrogen-bond acceptors (Lipinski definition) is 4. The third-order valence-electron chi connectivity index (χ3n) is 2.91. The maximum absolute atomic E-state index is 13.6. The molecule has 4 nitrogen and oxygen atoms in total. The van der Waals surface area contributed by atoms with Gasteiger partial charge in [0.1, 0.15) is 5.82 Å². The maximum Gasteiger partial charge on any atom is 0.372 e. The van der Waals surface area contributed by atoms with Crippen LogP contribution in [-0.2, 0) is 16.0 Å². The van der Waals surface area contributed by atoms with Gasteiger partial charge in [0.15, 0.2) is 5.78 Å². The van der Waals surface area contributed by atoms with Crippen LogP contribution in [0.1, 0.15) is 27.2 Å². The van der Waals surface area contributed by atoms with Crippen LogP contribution in [0.5, 0.6) is 0 Å². The highest BCUT2D eigenvalue weighted by atomic mass is 32.1. The van der Waals surface area contributed by atoms with Crippen molar-refractivity contribution in [3.05, 3.63) is 57.5 Å². The Labute approximate surface area is 123 Å². The lowest BCUT2D eigenvalue weighted by atomic mass is 10.0. The molecular weight excluding hydrogens is 295 g/mol. The smallest absolute Gasteiger partial charge is 0.372 e. The molecule has 0 amide bonds. The number of benzene rings is 1. The van der Waals surface area contributed by atoms with Crippen LogP contribution in [0.2, 0.25) is 0 Å². The van der Waals surface area contributed by atoms with Gasteiger partial charge in [0, 0.05) is 16.9 Å². The number of Topliss-reactive ketones (excluding diaryl/α,β-unsaturated/α-hetero) is 2. The number of thiophene rings is 1. The van der Waals surface area contributed by atoms with E-state index in [4.69, 9.17) is 5.11 Å². The summed E-state index contributed by atoms with van der Waals surface area (Å²) in [6, 6.07) is 7.74. The molecule has 0 spiro atoms. The molecule has 1 aromatic heterocycles. The quantitative estimate of drug-likeness (QED) is 0.506. The first-order valence-corrected chi connectivity index (χ1v) is 6.96. The van der Waals surface area contributed by atoms with Crippen LogP contribution >= 0.6 is 11.3 Å². The van der Waals surface area contributed by atoms with E-state index in [9.17, 15) is 18.8 Å². The fourth-order valence-corrected chi connectivity index (χ4v) is 2.77. The van der Waals surface area contributed by atoms with E-state index >= 15 is 0 Å². The van der Waals surface area contributed by atoms with Gasteiger partial charge in [-0.3, -0.25) is 9.59 Å². The average Bonchev–Trinajstić information content (AvgIpc) is 2.89. The van der Waals surface area contributed by atoms with Crippen LogP contribution in [0.4, 0.5) is 4.39 Å². The molecule has 2 rings (SSSR count). The predicted octanol–water partition coefficient (Wildman–Crippen LogP) is 2.70. The molecule has 0 unspecified atom stereocenters. The van der Waals surface area contributed by atoms with Crippen LogP contribution in [0.15, 0.2) is 35.7 Å². The van der Waals surface area contributed by atoms with Gasteiger partial charge in [-0.1, -0.05) is 18.2 Å². The Balaban J connectivity index is 2.19. The Bertz CT molecular complexity index is 705. The largest absolute Gasteiger partial charge is 0.475 e. The standard InChI is InChI=1S/C15H11FO4S/c16-11-4-2-1-3-9(11)7-14-10(5-6-21-14)12(17)8-13(18)15(19)20/h1-6H,7-8H2,(H,19,20). The summed E-state index contributed by atoms with van der Waals surface area (Å²) < 4.78 is 13.6. The molecule has 0 radical (unpaired) electrons. The van der Waals surface area contributed by atoms with Gasteiger partial charge >= 0.3 is 5.97 Å². The second-order valence-corrected chi connectivity index (χ2v) is 5.35. The third kappa shape index (κ3) is 3.61. The Morgan fingerprint density at radius 3 is 2.52 bits per heavy atom. The molecule has 108 valence electrons. The fourth-order valence-electron chi connectivity index (χ4n) is 1.86. The lowest BCUT2D eigenvalue weighted by molar-refractivity contribution is -0.148. The summed E-state index contributed by atoms with van der Waals surface area (Å²) in [6.07, 6.45) is -0.455. The van der Waals surface area contributed by atoms with E-state index in [-0.39, 0.29) is 17.8 Å². The number of rotatable bonds is 6. The van der Waals surface area contributed by atoms with Crippen LogP contribution < -0.4 is 0 Å². The van der Waals surface area contributed by atoms with E-state index < -0.39 is 24.0 Å². The summed E-state index contributed by atoms with van der Waals surface area (Å²) >= 11 is 1.27. The number of halogens is 1. The highest BCUT2D eigenvalue weighted by Crippen LogP contribution is 2.23. The summed E-state index contributed by atoms with van der Waals surface area (Å²) in [5, 5.41) is 10.2. The van der Waals surface area contributed by atoms with E-state index in [1.165, 1.54) is 23.5 Å². The molecule has 0 saturated carbocycles. The van der Waals surface area contributed by atoms with E-state index in [1.54, 1.807) is 23.6 Å². The van der Waals surface area contributed by atoms with Crippen LogP contribution in [0.25, 0.3) is 0 Å². The SMILES string of the molecule is O=C(O)C(=O)CC(=O)c1ccsc1Cc1ccccc1F. The van der Waals surface area contributed by atoms with Crippen molar-refractivity contribution in [1.29, 1.82) is 0 Å². The van der Waals surface area contributed by atoms with Crippen molar-refractivity contribution in [2.45, 2.75) is 12.8 Å². The number of aliphatic carboxylic acids is 1. The molecule has 0 aliphatic heterocycles. The number of carboxylic acid groups (broad SMARTS) is 1. The van der Waals surface area contributed by atoms with Crippen molar-refractivity contribution < 1.29 is 23.9 Å². The second-order valence-electron chi connectivity index (χ2n) is 4.35. The van der Waals surface area contributed by atoms with Crippen LogP contribution in [0.3, 0.4) is 0 Å². The van der Waals surface area contributed by atoms with Gasteiger partial charge < -0.3 is 5.11 Å². The molecule has 0 atom stereocenters. The molecule has 1 aromatic carbocycles.